The number of fused-ring (bicyclic) bond motifs is 1. The van der Waals surface area contributed by atoms with Crippen LogP contribution in [0.15, 0.2) is 46.9 Å². The molecular formula is C19H15ClN2O5. The van der Waals surface area contributed by atoms with E-state index in [9.17, 15) is 4.79 Å². The molecule has 0 saturated carbocycles. The van der Waals surface area contributed by atoms with Gasteiger partial charge < -0.3 is 18.6 Å². The van der Waals surface area contributed by atoms with Crippen LogP contribution in [0, 0.1) is 0 Å². The summed E-state index contributed by atoms with van der Waals surface area (Å²) in [5.74, 6) is 0.817. The van der Waals surface area contributed by atoms with E-state index in [-0.39, 0.29) is 16.5 Å². The Balaban J connectivity index is 1.50. The van der Waals surface area contributed by atoms with E-state index in [1.54, 1.807) is 13.0 Å². The number of carbonyl (C=O) groups is 1. The second-order valence-corrected chi connectivity index (χ2v) is 6.25. The minimum atomic E-state index is -0.727. The number of benzene rings is 2. The van der Waals surface area contributed by atoms with Gasteiger partial charge in [-0.1, -0.05) is 29.8 Å². The molecule has 0 radical (unpaired) electrons. The highest BCUT2D eigenvalue weighted by atomic mass is 35.5. The summed E-state index contributed by atoms with van der Waals surface area (Å²) in [4.78, 5) is 12.5. The molecule has 3 aromatic rings. The van der Waals surface area contributed by atoms with Crippen LogP contribution in [0.25, 0.3) is 11.5 Å². The molecule has 0 aliphatic carbocycles. The van der Waals surface area contributed by atoms with Crippen molar-refractivity contribution in [3.8, 4) is 23.0 Å². The van der Waals surface area contributed by atoms with Gasteiger partial charge in [0, 0.05) is 5.56 Å². The molecule has 8 heteroatoms. The van der Waals surface area contributed by atoms with E-state index in [1.165, 1.54) is 6.07 Å². The molecule has 1 aliphatic rings. The molecule has 2 heterocycles. The fourth-order valence-electron chi connectivity index (χ4n) is 2.60. The van der Waals surface area contributed by atoms with Crippen molar-refractivity contribution in [1.29, 1.82) is 0 Å². The van der Waals surface area contributed by atoms with E-state index in [2.05, 4.69) is 10.2 Å². The van der Waals surface area contributed by atoms with Crippen molar-refractivity contribution in [1.82, 2.24) is 10.2 Å². The molecule has 0 amide bonds. The predicted octanol–water partition coefficient (Wildman–Crippen LogP) is 4.08. The van der Waals surface area contributed by atoms with Gasteiger partial charge in [-0.25, -0.2) is 4.79 Å². The molecule has 0 spiro atoms. The van der Waals surface area contributed by atoms with Gasteiger partial charge in [0.15, 0.2) is 17.6 Å². The van der Waals surface area contributed by atoms with Crippen molar-refractivity contribution in [2.45, 2.75) is 13.0 Å². The number of nitrogens with zero attached hydrogens (tertiary/aromatic N) is 2. The summed E-state index contributed by atoms with van der Waals surface area (Å²) in [6.07, 6.45) is -0.727. The highest BCUT2D eigenvalue weighted by Crippen LogP contribution is 2.38. The van der Waals surface area contributed by atoms with Gasteiger partial charge in [-0.05, 0) is 31.2 Å². The molecule has 0 unspecified atom stereocenters. The lowest BCUT2D eigenvalue weighted by Crippen LogP contribution is -2.17. The molecule has 2 aromatic carbocycles. The van der Waals surface area contributed by atoms with Gasteiger partial charge in [-0.3, -0.25) is 0 Å². The van der Waals surface area contributed by atoms with E-state index in [1.807, 2.05) is 30.3 Å². The molecule has 0 N–H and O–H groups in total. The lowest BCUT2D eigenvalue weighted by Gasteiger charge is -2.20. The Bertz CT molecular complexity index is 973. The summed E-state index contributed by atoms with van der Waals surface area (Å²) < 4.78 is 22.0. The van der Waals surface area contributed by atoms with E-state index in [4.69, 9.17) is 30.2 Å². The van der Waals surface area contributed by atoms with Gasteiger partial charge in [-0.2, -0.15) is 0 Å². The fraction of sp³-hybridized carbons (Fsp3) is 0.211. The van der Waals surface area contributed by atoms with Crippen LogP contribution in [-0.2, 0) is 4.74 Å². The maximum absolute atomic E-state index is 12.5. The molecule has 0 saturated heterocycles. The van der Waals surface area contributed by atoms with Crippen LogP contribution >= 0.6 is 11.6 Å². The third-order valence-corrected chi connectivity index (χ3v) is 4.21. The first kappa shape index (κ1) is 17.4. The van der Waals surface area contributed by atoms with Gasteiger partial charge in [0.25, 0.3) is 5.89 Å². The molecule has 27 heavy (non-hydrogen) atoms. The molecule has 1 atom stereocenters. The molecule has 1 aliphatic heterocycles. The number of carbonyl (C=O) groups excluding carboxylic acids is 1. The first-order valence-electron chi connectivity index (χ1n) is 8.31. The number of aromatic nitrogens is 2. The Morgan fingerprint density at radius 1 is 1.15 bits per heavy atom. The van der Waals surface area contributed by atoms with Crippen molar-refractivity contribution in [3.63, 3.8) is 0 Å². The first-order chi connectivity index (χ1) is 13.1. The summed E-state index contributed by atoms with van der Waals surface area (Å²) >= 11 is 6.16. The van der Waals surface area contributed by atoms with Crippen LogP contribution < -0.4 is 9.47 Å². The molecule has 138 valence electrons. The number of ether oxygens (including phenoxy) is 3. The molecule has 0 bridgehead atoms. The largest absolute Gasteiger partial charge is 0.486 e. The van der Waals surface area contributed by atoms with Crippen molar-refractivity contribution >= 4 is 17.6 Å². The number of esters is 1. The smallest absolute Gasteiger partial charge is 0.339 e. The summed E-state index contributed by atoms with van der Waals surface area (Å²) in [5.41, 5.74) is 1.03. The second kappa shape index (κ2) is 7.28. The Labute approximate surface area is 159 Å². The number of hydrogen-bond acceptors (Lipinski definition) is 7. The Hall–Kier alpha value is -3.06. The van der Waals surface area contributed by atoms with Crippen LogP contribution in [0.4, 0.5) is 0 Å². The zero-order chi connectivity index (χ0) is 18.8. The van der Waals surface area contributed by atoms with E-state index in [0.29, 0.717) is 30.6 Å². The standard InChI is InChI=1S/C19H15ClN2O5/c1-11(17-21-22-18(27-17)12-5-3-2-4-6-12)26-19(23)13-9-14(20)16-15(10-13)24-7-8-25-16/h2-6,9-11H,7-8H2,1H3/t11-/m0/s1. The van der Waals surface area contributed by atoms with Gasteiger partial charge in [0.05, 0.1) is 10.6 Å². The Morgan fingerprint density at radius 2 is 1.93 bits per heavy atom. The lowest BCUT2D eigenvalue weighted by atomic mass is 10.2. The quantitative estimate of drug-likeness (QED) is 0.624. The van der Waals surface area contributed by atoms with Gasteiger partial charge in [0.1, 0.15) is 13.2 Å². The van der Waals surface area contributed by atoms with Crippen molar-refractivity contribution < 1.29 is 23.4 Å². The van der Waals surface area contributed by atoms with E-state index < -0.39 is 12.1 Å². The topological polar surface area (TPSA) is 83.7 Å². The van der Waals surface area contributed by atoms with Crippen molar-refractivity contribution in [2.75, 3.05) is 13.2 Å². The van der Waals surface area contributed by atoms with Crippen LogP contribution in [-0.4, -0.2) is 29.4 Å². The average Bonchev–Trinajstić information content (AvgIpc) is 3.19. The Kier molecular flexibility index (Phi) is 4.68. The molecule has 7 nitrogen and oxygen atoms in total. The van der Waals surface area contributed by atoms with Gasteiger partial charge in [-0.15, -0.1) is 10.2 Å². The first-order valence-corrected chi connectivity index (χ1v) is 8.68. The fourth-order valence-corrected chi connectivity index (χ4v) is 2.87. The summed E-state index contributed by atoms with van der Waals surface area (Å²) in [6.45, 7) is 2.46. The average molecular weight is 387 g/mol. The molecular weight excluding hydrogens is 372 g/mol. The zero-order valence-corrected chi connectivity index (χ0v) is 15.1. The van der Waals surface area contributed by atoms with E-state index in [0.717, 1.165) is 5.56 Å². The summed E-state index contributed by atoms with van der Waals surface area (Å²) in [5, 5.41) is 8.24. The second-order valence-electron chi connectivity index (χ2n) is 5.84. The van der Waals surface area contributed by atoms with Gasteiger partial charge >= 0.3 is 5.97 Å². The number of hydrogen-bond donors (Lipinski definition) is 0. The summed E-state index contributed by atoms with van der Waals surface area (Å²) in [7, 11) is 0. The maximum Gasteiger partial charge on any atom is 0.339 e. The maximum atomic E-state index is 12.5. The van der Waals surface area contributed by atoms with Crippen molar-refractivity contribution in [3.05, 3.63) is 58.9 Å². The minimum Gasteiger partial charge on any atom is -0.486 e. The summed E-state index contributed by atoms with van der Waals surface area (Å²) in [6, 6.07) is 12.4. The highest BCUT2D eigenvalue weighted by molar-refractivity contribution is 6.32. The SMILES string of the molecule is C[C@H](OC(=O)c1cc(Cl)c2c(c1)OCCO2)c1nnc(-c2ccccc2)o1. The molecule has 0 fully saturated rings. The molecule has 1 aromatic heterocycles. The lowest BCUT2D eigenvalue weighted by molar-refractivity contribution is 0.0279. The minimum absolute atomic E-state index is 0.200. The third-order valence-electron chi connectivity index (χ3n) is 3.93. The number of halogens is 1. The zero-order valence-electron chi connectivity index (χ0n) is 14.3. The van der Waals surface area contributed by atoms with Gasteiger partial charge in [0.2, 0.25) is 5.89 Å². The number of rotatable bonds is 4. The van der Waals surface area contributed by atoms with Crippen LogP contribution in [0.5, 0.6) is 11.5 Å². The van der Waals surface area contributed by atoms with Crippen LogP contribution in [0.2, 0.25) is 5.02 Å². The normalized spacial score (nSPS) is 13.9. The van der Waals surface area contributed by atoms with Crippen molar-refractivity contribution in [2.24, 2.45) is 0 Å². The third kappa shape index (κ3) is 3.59. The molecule has 4 rings (SSSR count). The highest BCUT2D eigenvalue weighted by Gasteiger charge is 2.23. The van der Waals surface area contributed by atoms with E-state index >= 15 is 0 Å². The van der Waals surface area contributed by atoms with Crippen LogP contribution in [0.3, 0.4) is 0 Å². The Morgan fingerprint density at radius 3 is 2.74 bits per heavy atom. The predicted molar refractivity (Wildman–Crippen MR) is 96.0 cm³/mol. The van der Waals surface area contributed by atoms with Crippen LogP contribution in [0.1, 0.15) is 29.3 Å². The monoisotopic (exact) mass is 386 g/mol.